The van der Waals surface area contributed by atoms with E-state index in [2.05, 4.69) is 5.10 Å². The van der Waals surface area contributed by atoms with Gasteiger partial charge in [-0.1, -0.05) is 12.1 Å². The van der Waals surface area contributed by atoms with Crippen LogP contribution in [-0.4, -0.2) is 15.7 Å². The molecule has 0 fully saturated rings. The molecular formula is C13H11N3OS. The second-order valence-corrected chi connectivity index (χ2v) is 4.97. The van der Waals surface area contributed by atoms with E-state index >= 15 is 0 Å². The predicted molar refractivity (Wildman–Crippen MR) is 72.9 cm³/mol. The highest BCUT2D eigenvalue weighted by Gasteiger charge is 2.17. The summed E-state index contributed by atoms with van der Waals surface area (Å²) in [5.74, 6) is 0.253. The zero-order chi connectivity index (χ0) is 12.7. The molecule has 2 heterocycles. The van der Waals surface area contributed by atoms with E-state index in [-0.39, 0.29) is 5.91 Å². The van der Waals surface area contributed by atoms with Crippen molar-refractivity contribution < 1.29 is 4.79 Å². The monoisotopic (exact) mass is 257 g/mol. The molecule has 4 nitrogen and oxygen atoms in total. The van der Waals surface area contributed by atoms with E-state index < -0.39 is 0 Å². The van der Waals surface area contributed by atoms with Crippen LogP contribution in [0.5, 0.6) is 0 Å². The number of aryl methyl sites for hydroxylation is 1. The third-order valence-electron chi connectivity index (χ3n) is 2.86. The average Bonchev–Trinajstić information content (AvgIpc) is 2.94. The van der Waals surface area contributed by atoms with E-state index in [4.69, 9.17) is 5.73 Å². The number of nitrogen functional groups attached to an aromatic ring is 1. The second-order valence-electron chi connectivity index (χ2n) is 4.05. The van der Waals surface area contributed by atoms with Crippen molar-refractivity contribution in [1.82, 2.24) is 9.78 Å². The fourth-order valence-electron chi connectivity index (χ4n) is 1.93. The van der Waals surface area contributed by atoms with Gasteiger partial charge in [-0.2, -0.15) is 4.68 Å². The Morgan fingerprint density at radius 2 is 2.11 bits per heavy atom. The van der Waals surface area contributed by atoms with Crippen LogP contribution in [0.25, 0.3) is 10.9 Å². The number of para-hydroxylation sites is 1. The number of nitrogens with zero attached hydrogens (tertiary/aromatic N) is 2. The standard InChI is InChI=1S/C13H11N3OS/c1-8-6-7-18-11(8)13(17)16-10-5-3-2-4-9(10)12(14)15-16/h2-7H,1H3,(H2,14,15). The molecular weight excluding hydrogens is 246 g/mol. The van der Waals surface area contributed by atoms with Gasteiger partial charge >= 0.3 is 0 Å². The van der Waals surface area contributed by atoms with Crippen LogP contribution in [0.1, 0.15) is 15.2 Å². The minimum absolute atomic E-state index is 0.129. The van der Waals surface area contributed by atoms with Gasteiger partial charge in [0.05, 0.1) is 10.4 Å². The number of benzene rings is 1. The molecule has 0 spiro atoms. The number of carbonyl (C=O) groups is 1. The molecule has 3 aromatic rings. The van der Waals surface area contributed by atoms with Crippen molar-refractivity contribution in [2.45, 2.75) is 6.92 Å². The number of carbonyl (C=O) groups excluding carboxylic acids is 1. The molecule has 2 N–H and O–H groups in total. The van der Waals surface area contributed by atoms with Crippen LogP contribution in [0, 0.1) is 6.92 Å². The highest BCUT2D eigenvalue weighted by atomic mass is 32.1. The van der Waals surface area contributed by atoms with Gasteiger partial charge in [0.25, 0.3) is 5.91 Å². The Kier molecular flexibility index (Phi) is 2.41. The van der Waals surface area contributed by atoms with E-state index in [1.807, 2.05) is 42.6 Å². The Hall–Kier alpha value is -2.14. The lowest BCUT2D eigenvalue weighted by molar-refractivity contribution is 0.0954. The highest BCUT2D eigenvalue weighted by Crippen LogP contribution is 2.23. The van der Waals surface area contributed by atoms with Gasteiger partial charge < -0.3 is 5.73 Å². The summed E-state index contributed by atoms with van der Waals surface area (Å²) in [6.45, 7) is 1.92. The van der Waals surface area contributed by atoms with Gasteiger partial charge in [-0.25, -0.2) is 0 Å². The zero-order valence-corrected chi connectivity index (χ0v) is 10.6. The van der Waals surface area contributed by atoms with Crippen molar-refractivity contribution in [2.24, 2.45) is 0 Å². The van der Waals surface area contributed by atoms with Crippen molar-refractivity contribution in [3.05, 3.63) is 46.2 Å². The van der Waals surface area contributed by atoms with Gasteiger partial charge in [0, 0.05) is 5.39 Å². The van der Waals surface area contributed by atoms with Crippen LogP contribution >= 0.6 is 11.3 Å². The fourth-order valence-corrected chi connectivity index (χ4v) is 2.78. The molecule has 3 rings (SSSR count). The lowest BCUT2D eigenvalue weighted by Gasteiger charge is -2.00. The Balaban J connectivity index is 2.21. The molecule has 0 amide bonds. The Morgan fingerprint density at radius 1 is 1.33 bits per heavy atom. The van der Waals surface area contributed by atoms with Crippen LogP contribution < -0.4 is 5.73 Å². The molecule has 0 bridgehead atoms. The number of hydrogen-bond donors (Lipinski definition) is 1. The van der Waals surface area contributed by atoms with Gasteiger partial charge in [-0.3, -0.25) is 4.79 Å². The molecule has 0 aliphatic heterocycles. The molecule has 0 atom stereocenters. The summed E-state index contributed by atoms with van der Waals surface area (Å²) in [7, 11) is 0. The predicted octanol–water partition coefficient (Wildman–Crippen LogP) is 2.68. The molecule has 2 aromatic heterocycles. The summed E-state index contributed by atoms with van der Waals surface area (Å²) in [5, 5.41) is 6.84. The lowest BCUT2D eigenvalue weighted by atomic mass is 10.2. The maximum absolute atomic E-state index is 12.4. The minimum atomic E-state index is -0.129. The first kappa shape index (κ1) is 11.0. The van der Waals surface area contributed by atoms with E-state index in [0.717, 1.165) is 16.5 Å². The molecule has 18 heavy (non-hydrogen) atoms. The quantitative estimate of drug-likeness (QED) is 0.729. The number of thiophene rings is 1. The van der Waals surface area contributed by atoms with E-state index in [1.165, 1.54) is 16.0 Å². The molecule has 5 heteroatoms. The van der Waals surface area contributed by atoms with Crippen molar-refractivity contribution in [3.63, 3.8) is 0 Å². The Morgan fingerprint density at radius 3 is 2.83 bits per heavy atom. The van der Waals surface area contributed by atoms with Crippen LogP contribution in [0.15, 0.2) is 35.7 Å². The lowest BCUT2D eigenvalue weighted by Crippen LogP contribution is -2.13. The summed E-state index contributed by atoms with van der Waals surface area (Å²) in [4.78, 5) is 13.1. The van der Waals surface area contributed by atoms with E-state index in [1.54, 1.807) is 0 Å². The van der Waals surface area contributed by atoms with E-state index in [0.29, 0.717) is 10.7 Å². The maximum atomic E-state index is 12.4. The summed E-state index contributed by atoms with van der Waals surface area (Å²) in [6, 6.07) is 9.38. The summed E-state index contributed by atoms with van der Waals surface area (Å²) >= 11 is 1.42. The first-order chi connectivity index (χ1) is 8.68. The number of hydrogen-bond acceptors (Lipinski definition) is 4. The van der Waals surface area contributed by atoms with E-state index in [9.17, 15) is 4.79 Å². The molecule has 0 unspecified atom stereocenters. The van der Waals surface area contributed by atoms with Gasteiger partial charge in [0.2, 0.25) is 0 Å². The van der Waals surface area contributed by atoms with Crippen molar-refractivity contribution in [2.75, 3.05) is 5.73 Å². The normalized spacial score (nSPS) is 10.9. The van der Waals surface area contributed by atoms with Gasteiger partial charge in [-0.15, -0.1) is 16.4 Å². The first-order valence-electron chi connectivity index (χ1n) is 5.50. The van der Waals surface area contributed by atoms with Gasteiger partial charge in [0.15, 0.2) is 5.82 Å². The van der Waals surface area contributed by atoms with Crippen molar-refractivity contribution in [3.8, 4) is 0 Å². The molecule has 0 aliphatic rings. The largest absolute Gasteiger partial charge is 0.382 e. The SMILES string of the molecule is Cc1ccsc1C(=O)n1nc(N)c2ccccc21. The third-order valence-corrected chi connectivity index (χ3v) is 3.87. The molecule has 90 valence electrons. The number of anilines is 1. The Labute approximate surface area is 108 Å². The average molecular weight is 257 g/mol. The summed E-state index contributed by atoms with van der Waals surface area (Å²) in [5.41, 5.74) is 7.53. The fraction of sp³-hybridized carbons (Fsp3) is 0.0769. The van der Waals surface area contributed by atoms with Gasteiger partial charge in [-0.05, 0) is 36.1 Å². The topological polar surface area (TPSA) is 60.9 Å². The van der Waals surface area contributed by atoms with Crippen molar-refractivity contribution in [1.29, 1.82) is 0 Å². The first-order valence-corrected chi connectivity index (χ1v) is 6.38. The van der Waals surface area contributed by atoms with Gasteiger partial charge in [0.1, 0.15) is 0 Å². The highest BCUT2D eigenvalue weighted by molar-refractivity contribution is 7.12. The molecule has 0 radical (unpaired) electrons. The molecule has 0 saturated carbocycles. The number of nitrogens with two attached hydrogens (primary N) is 1. The number of rotatable bonds is 1. The van der Waals surface area contributed by atoms with Crippen LogP contribution in [0.4, 0.5) is 5.82 Å². The number of fused-ring (bicyclic) bond motifs is 1. The van der Waals surface area contributed by atoms with Crippen LogP contribution in [-0.2, 0) is 0 Å². The molecule has 0 aliphatic carbocycles. The third kappa shape index (κ3) is 1.52. The minimum Gasteiger partial charge on any atom is -0.382 e. The smallest absolute Gasteiger partial charge is 0.289 e. The van der Waals surface area contributed by atoms with Crippen molar-refractivity contribution >= 4 is 34.0 Å². The summed E-state index contributed by atoms with van der Waals surface area (Å²) in [6.07, 6.45) is 0. The second kappa shape index (κ2) is 3.96. The van der Waals surface area contributed by atoms with Crippen LogP contribution in [0.2, 0.25) is 0 Å². The van der Waals surface area contributed by atoms with Crippen LogP contribution in [0.3, 0.4) is 0 Å². The Bertz CT molecular complexity index is 742. The molecule has 1 aromatic carbocycles. The maximum Gasteiger partial charge on any atom is 0.289 e. The molecule has 0 saturated heterocycles. The number of aromatic nitrogens is 2. The summed E-state index contributed by atoms with van der Waals surface area (Å²) < 4.78 is 1.38. The zero-order valence-electron chi connectivity index (χ0n) is 9.75.